The fraction of sp³-hybridized carbons (Fsp3) is 0.333. The number of hydrogen-bond acceptors (Lipinski definition) is 2. The third-order valence-electron chi connectivity index (χ3n) is 2.32. The zero-order valence-corrected chi connectivity index (χ0v) is 8.57. The molecule has 0 bridgehead atoms. The fourth-order valence-corrected chi connectivity index (χ4v) is 1.50. The first kappa shape index (κ1) is 9.13. The normalized spacial score (nSPS) is 20.7. The molecule has 1 aliphatic heterocycles. The maximum absolute atomic E-state index is 4.52. The molecule has 14 heavy (non-hydrogen) atoms. The fourth-order valence-electron chi connectivity index (χ4n) is 1.50. The van der Waals surface area contributed by atoms with Gasteiger partial charge < -0.3 is 0 Å². The van der Waals surface area contributed by atoms with Crippen LogP contribution in [0.3, 0.4) is 0 Å². The first-order valence-corrected chi connectivity index (χ1v) is 4.91. The number of nitrogens with zero attached hydrogens (tertiary/aromatic N) is 2. The van der Waals surface area contributed by atoms with Crippen LogP contribution in [0.15, 0.2) is 35.5 Å². The maximum atomic E-state index is 4.52. The van der Waals surface area contributed by atoms with Gasteiger partial charge in [-0.25, -0.2) is 0 Å². The topological polar surface area (TPSA) is 25.2 Å². The van der Waals surface area contributed by atoms with Crippen LogP contribution in [0.5, 0.6) is 0 Å². The Bertz CT molecular complexity index is 391. The van der Waals surface area contributed by atoms with Crippen molar-refractivity contribution >= 4 is 5.71 Å². The summed E-state index contributed by atoms with van der Waals surface area (Å²) in [4.78, 5) is 8.69. The van der Waals surface area contributed by atoms with E-state index in [1.165, 1.54) is 5.56 Å². The van der Waals surface area contributed by atoms with Crippen LogP contribution >= 0.6 is 0 Å². The van der Waals surface area contributed by atoms with Gasteiger partial charge in [0.25, 0.3) is 0 Å². The highest BCUT2D eigenvalue weighted by molar-refractivity contribution is 6.09. The van der Waals surface area contributed by atoms with Crippen molar-refractivity contribution in [2.75, 3.05) is 6.54 Å². The summed E-state index contributed by atoms with van der Waals surface area (Å²) in [6.07, 6.45) is 6.14. The van der Waals surface area contributed by atoms with Gasteiger partial charge in [-0.05, 0) is 31.1 Å². The van der Waals surface area contributed by atoms with E-state index in [1.54, 1.807) is 0 Å². The van der Waals surface area contributed by atoms with E-state index >= 15 is 0 Å². The molecule has 2 heterocycles. The number of aliphatic imine (C=N–C) groups is 1. The minimum atomic E-state index is 0.571. The average molecular weight is 186 g/mol. The Hall–Kier alpha value is -1.44. The minimum Gasteiger partial charge on any atom is -0.284 e. The molecular weight excluding hydrogens is 172 g/mol. The van der Waals surface area contributed by atoms with E-state index in [4.69, 9.17) is 0 Å². The zero-order chi connectivity index (χ0) is 9.97. The molecule has 2 rings (SSSR count). The Morgan fingerprint density at radius 3 is 2.93 bits per heavy atom. The van der Waals surface area contributed by atoms with E-state index in [0.29, 0.717) is 5.92 Å². The van der Waals surface area contributed by atoms with Crippen molar-refractivity contribution < 1.29 is 0 Å². The van der Waals surface area contributed by atoms with Crippen molar-refractivity contribution in [3.8, 4) is 0 Å². The van der Waals surface area contributed by atoms with Gasteiger partial charge in [0.2, 0.25) is 0 Å². The molecule has 0 N–H and O–H groups in total. The first-order valence-electron chi connectivity index (χ1n) is 4.91. The Kier molecular flexibility index (Phi) is 2.44. The van der Waals surface area contributed by atoms with Crippen LogP contribution in [0.2, 0.25) is 0 Å². The van der Waals surface area contributed by atoms with E-state index in [1.807, 2.05) is 19.2 Å². The quantitative estimate of drug-likeness (QED) is 0.661. The predicted molar refractivity (Wildman–Crippen MR) is 58.7 cm³/mol. The molecule has 1 aromatic heterocycles. The van der Waals surface area contributed by atoms with E-state index in [0.717, 1.165) is 18.0 Å². The number of aromatic nitrogens is 1. The summed E-state index contributed by atoms with van der Waals surface area (Å²) in [5.74, 6) is 0.571. The molecule has 0 radical (unpaired) electrons. The van der Waals surface area contributed by atoms with Gasteiger partial charge in [-0.3, -0.25) is 9.98 Å². The van der Waals surface area contributed by atoms with Gasteiger partial charge in [-0.15, -0.1) is 0 Å². The third kappa shape index (κ3) is 1.90. The summed E-state index contributed by atoms with van der Waals surface area (Å²) >= 11 is 0. The van der Waals surface area contributed by atoms with Crippen molar-refractivity contribution in [2.24, 2.45) is 10.9 Å². The lowest BCUT2D eigenvalue weighted by molar-refractivity contribution is 0.734. The second-order valence-corrected chi connectivity index (χ2v) is 3.75. The second kappa shape index (κ2) is 3.74. The molecule has 0 amide bonds. The monoisotopic (exact) mass is 186 g/mol. The predicted octanol–water partition coefficient (Wildman–Crippen LogP) is 2.39. The van der Waals surface area contributed by atoms with Gasteiger partial charge in [0.15, 0.2) is 0 Å². The van der Waals surface area contributed by atoms with Crippen LogP contribution in [0.1, 0.15) is 18.2 Å². The number of dihydropyridines is 1. The molecule has 0 aliphatic carbocycles. The van der Waals surface area contributed by atoms with E-state index in [9.17, 15) is 0 Å². The molecule has 0 aromatic carbocycles. The first-order chi connectivity index (χ1) is 6.75. The summed E-state index contributed by atoms with van der Waals surface area (Å²) < 4.78 is 0. The van der Waals surface area contributed by atoms with E-state index < -0.39 is 0 Å². The summed E-state index contributed by atoms with van der Waals surface area (Å²) in [6.45, 7) is 5.07. The smallest absolute Gasteiger partial charge is 0.0644 e. The van der Waals surface area contributed by atoms with Crippen LogP contribution in [0.4, 0.5) is 0 Å². The molecule has 1 aliphatic rings. The van der Waals surface area contributed by atoms with Gasteiger partial charge in [0.1, 0.15) is 0 Å². The second-order valence-electron chi connectivity index (χ2n) is 3.75. The Morgan fingerprint density at radius 1 is 1.43 bits per heavy atom. The van der Waals surface area contributed by atoms with Crippen molar-refractivity contribution in [3.63, 3.8) is 0 Å². The summed E-state index contributed by atoms with van der Waals surface area (Å²) in [5.41, 5.74) is 3.28. The summed E-state index contributed by atoms with van der Waals surface area (Å²) in [5, 5.41) is 0. The molecule has 0 spiro atoms. The van der Waals surface area contributed by atoms with Gasteiger partial charge in [-0.2, -0.15) is 0 Å². The third-order valence-corrected chi connectivity index (χ3v) is 2.32. The van der Waals surface area contributed by atoms with E-state index in [-0.39, 0.29) is 0 Å². The van der Waals surface area contributed by atoms with E-state index in [2.05, 4.69) is 35.1 Å². The number of aryl methyl sites for hydroxylation is 1. The lowest BCUT2D eigenvalue weighted by atomic mass is 10.0. The molecule has 0 saturated heterocycles. The summed E-state index contributed by atoms with van der Waals surface area (Å²) in [6, 6.07) is 4.07. The van der Waals surface area contributed by atoms with Gasteiger partial charge in [0.05, 0.1) is 5.71 Å². The van der Waals surface area contributed by atoms with Gasteiger partial charge in [-0.1, -0.05) is 13.0 Å². The van der Waals surface area contributed by atoms with Gasteiger partial charge >= 0.3 is 0 Å². The zero-order valence-electron chi connectivity index (χ0n) is 8.57. The van der Waals surface area contributed by atoms with Crippen LogP contribution in [-0.2, 0) is 0 Å². The molecule has 1 unspecified atom stereocenters. The molecule has 2 heteroatoms. The van der Waals surface area contributed by atoms with Crippen molar-refractivity contribution in [3.05, 3.63) is 41.7 Å². The van der Waals surface area contributed by atoms with Crippen molar-refractivity contribution in [1.29, 1.82) is 0 Å². The minimum absolute atomic E-state index is 0.571. The Balaban J connectivity index is 2.29. The van der Waals surface area contributed by atoms with Crippen molar-refractivity contribution in [2.45, 2.75) is 13.8 Å². The van der Waals surface area contributed by atoms with Gasteiger partial charge in [0, 0.05) is 24.0 Å². The molecule has 0 fully saturated rings. The molecular formula is C12H14N2. The summed E-state index contributed by atoms with van der Waals surface area (Å²) in [7, 11) is 0. The highest BCUT2D eigenvalue weighted by Gasteiger charge is 2.06. The highest BCUT2D eigenvalue weighted by Crippen LogP contribution is 2.11. The lowest BCUT2D eigenvalue weighted by Crippen LogP contribution is -2.08. The largest absolute Gasteiger partial charge is 0.284 e. The molecule has 0 saturated carbocycles. The number of pyridine rings is 1. The molecule has 72 valence electrons. The number of rotatable bonds is 1. The molecule has 2 nitrogen and oxygen atoms in total. The van der Waals surface area contributed by atoms with Crippen LogP contribution < -0.4 is 0 Å². The van der Waals surface area contributed by atoms with Crippen LogP contribution in [0.25, 0.3) is 0 Å². The van der Waals surface area contributed by atoms with Crippen LogP contribution in [0, 0.1) is 12.8 Å². The molecule has 1 atom stereocenters. The van der Waals surface area contributed by atoms with Crippen LogP contribution in [-0.4, -0.2) is 17.2 Å². The number of allylic oxidation sites excluding steroid dienone is 1. The maximum Gasteiger partial charge on any atom is 0.0644 e. The Labute approximate surface area is 84.4 Å². The average Bonchev–Trinajstić information content (AvgIpc) is 2.19. The SMILES string of the molecule is Cc1cc(C2=NCC(C)C=C2)ccn1. The standard InChI is InChI=1S/C12H14N2/c1-9-3-4-12(14-8-9)11-5-6-13-10(2)7-11/h3-7,9H,8H2,1-2H3. The number of hydrogen-bond donors (Lipinski definition) is 0. The van der Waals surface area contributed by atoms with Crippen molar-refractivity contribution in [1.82, 2.24) is 4.98 Å². The molecule has 1 aromatic rings. The highest BCUT2D eigenvalue weighted by atomic mass is 14.8. The Morgan fingerprint density at radius 2 is 2.29 bits per heavy atom. The lowest BCUT2D eigenvalue weighted by Gasteiger charge is -2.11.